The summed E-state index contributed by atoms with van der Waals surface area (Å²) in [6, 6.07) is 0.793. The molecule has 0 heterocycles. The van der Waals surface area contributed by atoms with Gasteiger partial charge in [-0.3, -0.25) is 0 Å². The molecule has 0 fully saturated rings. The first-order chi connectivity index (χ1) is 10.1. The van der Waals surface area contributed by atoms with Crippen LogP contribution in [0.15, 0.2) is 12.2 Å². The minimum absolute atomic E-state index is 0.268. The largest absolute Gasteiger partial charge is 0.478 e. The molecule has 0 saturated carbocycles. The number of carbonyl (C=O) groups is 1. The fraction of sp³-hybridized carbons (Fsp3) is 0.769. The van der Waals surface area contributed by atoms with Gasteiger partial charge < -0.3 is 17.5 Å². The molecule has 0 aromatic rings. The lowest BCUT2D eigenvalue weighted by atomic mass is 10.1. The van der Waals surface area contributed by atoms with Gasteiger partial charge in [-0.2, -0.15) is 0 Å². The Kier molecular flexibility index (Phi) is 10.7. The van der Waals surface area contributed by atoms with Crippen LogP contribution >= 0.6 is 0 Å². The molecule has 0 radical (unpaired) electrons. The van der Waals surface area contributed by atoms with E-state index in [-0.39, 0.29) is 5.57 Å². The smallest absolute Gasteiger partial charge is 0.468 e. The maximum absolute atomic E-state index is 10.8. The first-order valence-electron chi connectivity index (χ1n) is 8.02. The third kappa shape index (κ3) is 9.87. The molecule has 0 amide bonds. The molecule has 0 aliphatic rings. The maximum atomic E-state index is 10.8. The molecule has 9 heteroatoms. The van der Waals surface area contributed by atoms with Crippen LogP contribution in [0.2, 0.25) is 45.3 Å². The van der Waals surface area contributed by atoms with Gasteiger partial charge >= 0.3 is 14.8 Å². The van der Waals surface area contributed by atoms with E-state index in [9.17, 15) is 4.79 Å². The lowest BCUT2D eigenvalue weighted by Crippen LogP contribution is -2.53. The Hall–Kier alpha value is -0.0425. The van der Waals surface area contributed by atoms with Crippen molar-refractivity contribution >= 4 is 41.9 Å². The van der Waals surface area contributed by atoms with Crippen molar-refractivity contribution in [1.82, 2.24) is 0 Å². The van der Waals surface area contributed by atoms with E-state index >= 15 is 0 Å². The van der Waals surface area contributed by atoms with Gasteiger partial charge in [0.25, 0.3) is 0 Å². The van der Waals surface area contributed by atoms with Crippen molar-refractivity contribution in [3.8, 4) is 0 Å². The van der Waals surface area contributed by atoms with E-state index in [2.05, 4.69) is 45.9 Å². The summed E-state index contributed by atoms with van der Waals surface area (Å²) in [6.45, 7) is 16.4. The van der Waals surface area contributed by atoms with Crippen molar-refractivity contribution in [2.75, 3.05) is 0 Å². The van der Waals surface area contributed by atoms with Gasteiger partial charge in [0.15, 0.2) is 27.1 Å². The molecule has 0 bridgehead atoms. The molecule has 0 aromatic carbocycles. The average Bonchev–Trinajstić information content (AvgIpc) is 2.31. The van der Waals surface area contributed by atoms with Crippen molar-refractivity contribution in [1.29, 1.82) is 0 Å². The van der Waals surface area contributed by atoms with Crippen molar-refractivity contribution < 1.29 is 22.2 Å². The fourth-order valence-electron chi connectivity index (χ4n) is 2.12. The Balaban J connectivity index is 4.73. The molecule has 0 rings (SSSR count). The van der Waals surface area contributed by atoms with Gasteiger partial charge in [-0.25, -0.2) is 4.79 Å². The summed E-state index contributed by atoms with van der Waals surface area (Å²) < 4.78 is 18.8. The fourth-order valence-corrected chi connectivity index (χ4v) is 15.0. The van der Waals surface area contributed by atoms with Gasteiger partial charge in [0.1, 0.15) is 0 Å². The van der Waals surface area contributed by atoms with Gasteiger partial charge in [0.2, 0.25) is 0 Å². The number of rotatable bonds is 12. The molecular formula is C13H32O5Si4. The highest BCUT2D eigenvalue weighted by molar-refractivity contribution is 6.79. The lowest BCUT2D eigenvalue weighted by Gasteiger charge is -2.35. The molecule has 130 valence electrons. The molecule has 0 saturated heterocycles. The SMILES string of the molecule is C=C(CCCC[Si](O[SiH](C)C)(O[SiH](C)C)O[SiH](C)C)C(=O)O. The molecule has 0 aliphatic heterocycles. The second-order valence-electron chi connectivity index (χ2n) is 6.30. The Morgan fingerprint density at radius 2 is 1.36 bits per heavy atom. The quantitative estimate of drug-likeness (QED) is 0.320. The van der Waals surface area contributed by atoms with Crippen LogP contribution in [0.4, 0.5) is 0 Å². The number of carboxylic acid groups (broad SMARTS) is 1. The van der Waals surface area contributed by atoms with Crippen molar-refractivity contribution in [3.63, 3.8) is 0 Å². The number of carboxylic acids is 1. The van der Waals surface area contributed by atoms with Gasteiger partial charge in [-0.1, -0.05) is 6.58 Å². The van der Waals surface area contributed by atoms with Crippen molar-refractivity contribution in [2.24, 2.45) is 0 Å². The van der Waals surface area contributed by atoms with Crippen LogP contribution in [-0.4, -0.2) is 47.0 Å². The van der Waals surface area contributed by atoms with Gasteiger partial charge in [0, 0.05) is 11.6 Å². The van der Waals surface area contributed by atoms with E-state index in [0.717, 1.165) is 18.9 Å². The van der Waals surface area contributed by atoms with Crippen molar-refractivity contribution in [2.45, 2.75) is 64.6 Å². The highest BCUT2D eigenvalue weighted by Gasteiger charge is 2.42. The van der Waals surface area contributed by atoms with Gasteiger partial charge in [0.05, 0.1) is 0 Å². The monoisotopic (exact) mass is 380 g/mol. The third-order valence-corrected chi connectivity index (χ3v) is 13.7. The summed E-state index contributed by atoms with van der Waals surface area (Å²) in [7, 11) is -6.34. The summed E-state index contributed by atoms with van der Waals surface area (Å²) in [6.07, 6.45) is 2.16. The predicted octanol–water partition coefficient (Wildman–Crippen LogP) is 2.74. The van der Waals surface area contributed by atoms with E-state index < -0.39 is 41.9 Å². The van der Waals surface area contributed by atoms with E-state index in [0.29, 0.717) is 6.42 Å². The van der Waals surface area contributed by atoms with E-state index in [1.54, 1.807) is 0 Å². The topological polar surface area (TPSA) is 65.0 Å². The normalized spacial score (nSPS) is 12.4. The first kappa shape index (κ1) is 22.0. The van der Waals surface area contributed by atoms with Crippen LogP contribution in [-0.2, 0) is 17.1 Å². The standard InChI is InChI=1S/C13H32O5Si4/c1-12(13(14)15)10-8-9-11-22(16-19(2)3,17-20(4)5)18-21(6)7/h19-21H,1,8-11H2,2-7H3,(H,14,15). The molecule has 5 nitrogen and oxygen atoms in total. The lowest BCUT2D eigenvalue weighted by molar-refractivity contribution is -0.132. The highest BCUT2D eigenvalue weighted by atomic mass is 28.5. The van der Waals surface area contributed by atoms with Crippen LogP contribution in [0, 0.1) is 0 Å². The van der Waals surface area contributed by atoms with Gasteiger partial charge in [-0.05, 0) is 58.5 Å². The molecule has 1 N–H and O–H groups in total. The Labute approximate surface area is 141 Å². The summed E-state index contributed by atoms with van der Waals surface area (Å²) >= 11 is 0. The van der Waals surface area contributed by atoms with Gasteiger partial charge in [-0.15, -0.1) is 0 Å². The Morgan fingerprint density at radius 1 is 0.955 bits per heavy atom. The molecular weight excluding hydrogens is 348 g/mol. The molecule has 0 spiro atoms. The number of hydrogen-bond donors (Lipinski definition) is 1. The summed E-state index contributed by atoms with van der Waals surface area (Å²) in [4.78, 5) is 10.8. The minimum atomic E-state index is -2.58. The zero-order valence-electron chi connectivity index (χ0n) is 14.8. The summed E-state index contributed by atoms with van der Waals surface area (Å²) in [5.41, 5.74) is 0.268. The maximum Gasteiger partial charge on any atom is 0.468 e. The summed E-state index contributed by atoms with van der Waals surface area (Å²) in [5.74, 6) is -0.911. The average molecular weight is 381 g/mol. The van der Waals surface area contributed by atoms with E-state index in [4.69, 9.17) is 17.5 Å². The highest BCUT2D eigenvalue weighted by Crippen LogP contribution is 2.23. The molecule has 0 unspecified atom stereocenters. The number of aliphatic carboxylic acids is 1. The number of unbranched alkanes of at least 4 members (excludes halogenated alkanes) is 1. The molecule has 22 heavy (non-hydrogen) atoms. The molecule has 0 atom stereocenters. The summed E-state index contributed by atoms with van der Waals surface area (Å²) in [5, 5.41) is 8.85. The van der Waals surface area contributed by atoms with Crippen LogP contribution < -0.4 is 0 Å². The predicted molar refractivity (Wildman–Crippen MR) is 101 cm³/mol. The Bertz CT molecular complexity index is 334. The zero-order valence-corrected chi connectivity index (χ0v) is 19.3. The zero-order chi connectivity index (χ0) is 17.3. The second-order valence-corrected chi connectivity index (χ2v) is 17.3. The van der Waals surface area contributed by atoms with E-state index in [1.165, 1.54) is 0 Å². The molecule has 0 aliphatic carbocycles. The first-order valence-corrected chi connectivity index (χ1v) is 18.3. The van der Waals surface area contributed by atoms with Crippen molar-refractivity contribution in [3.05, 3.63) is 12.2 Å². The number of hydrogen-bond acceptors (Lipinski definition) is 4. The van der Waals surface area contributed by atoms with Crippen LogP contribution in [0.3, 0.4) is 0 Å². The minimum Gasteiger partial charge on any atom is -0.478 e. The van der Waals surface area contributed by atoms with Crippen LogP contribution in [0.1, 0.15) is 19.3 Å². The second kappa shape index (κ2) is 10.7. The Morgan fingerprint density at radius 3 is 1.68 bits per heavy atom. The molecule has 0 aromatic heterocycles. The van der Waals surface area contributed by atoms with E-state index in [1.807, 2.05) is 0 Å². The van der Waals surface area contributed by atoms with Crippen LogP contribution in [0.5, 0.6) is 0 Å². The third-order valence-electron chi connectivity index (χ3n) is 2.76. The van der Waals surface area contributed by atoms with Crippen LogP contribution in [0.25, 0.3) is 0 Å².